The van der Waals surface area contributed by atoms with Gasteiger partial charge in [0.1, 0.15) is 11.6 Å². The molecule has 1 saturated carbocycles. The van der Waals surface area contributed by atoms with E-state index in [1.807, 2.05) is 65.0 Å². The third-order valence-electron chi connectivity index (χ3n) is 8.40. The molecule has 0 heterocycles. The Kier molecular flexibility index (Phi) is 17.4. The topological polar surface area (TPSA) is 83.8 Å². The number of ether oxygens (including phenoxy) is 1. The maximum absolute atomic E-state index is 12.7. The van der Waals surface area contributed by atoms with Gasteiger partial charge in [-0.3, -0.25) is 9.59 Å². The van der Waals surface area contributed by atoms with Crippen molar-refractivity contribution in [2.24, 2.45) is 23.7 Å². The molecule has 2 N–H and O–H groups in total. The van der Waals surface area contributed by atoms with Crippen molar-refractivity contribution in [2.45, 2.75) is 124 Å². The number of ketones is 2. The number of Topliss-reactive ketones (excluding diaryl/α,β-unsaturated/α-hetero) is 2. The van der Waals surface area contributed by atoms with E-state index in [-0.39, 0.29) is 42.0 Å². The highest BCUT2D eigenvalue weighted by Crippen LogP contribution is 2.31. The van der Waals surface area contributed by atoms with E-state index in [2.05, 4.69) is 13.0 Å². The molecule has 0 aromatic rings. The van der Waals surface area contributed by atoms with Crippen LogP contribution in [0.15, 0.2) is 47.6 Å². The number of aliphatic hydroxyl groups is 2. The highest BCUT2D eigenvalue weighted by atomic mass is 16.5. The molecule has 1 rings (SSSR count). The molecule has 5 nitrogen and oxygen atoms in total. The first-order valence-electron chi connectivity index (χ1n) is 15.1. The van der Waals surface area contributed by atoms with Crippen molar-refractivity contribution in [3.05, 3.63) is 47.6 Å². The summed E-state index contributed by atoms with van der Waals surface area (Å²) in [5.41, 5.74) is 1.85. The third-order valence-corrected chi connectivity index (χ3v) is 8.40. The van der Waals surface area contributed by atoms with Crippen LogP contribution in [0.4, 0.5) is 0 Å². The van der Waals surface area contributed by atoms with Crippen LogP contribution in [0.1, 0.15) is 106 Å². The Hall–Kier alpha value is -1.82. The Labute approximate surface area is 238 Å². The summed E-state index contributed by atoms with van der Waals surface area (Å²) in [4.78, 5) is 25.4. The van der Waals surface area contributed by atoms with Crippen molar-refractivity contribution in [1.82, 2.24) is 0 Å². The van der Waals surface area contributed by atoms with Gasteiger partial charge in [0.05, 0.1) is 18.3 Å². The second kappa shape index (κ2) is 19.3. The van der Waals surface area contributed by atoms with E-state index in [1.165, 1.54) is 0 Å². The number of rotatable bonds is 18. The van der Waals surface area contributed by atoms with Crippen molar-refractivity contribution >= 4 is 11.6 Å². The highest BCUT2D eigenvalue weighted by molar-refractivity contribution is 5.83. The van der Waals surface area contributed by atoms with Crippen LogP contribution in [-0.4, -0.2) is 47.2 Å². The number of hydrogen-bond acceptors (Lipinski definition) is 5. The van der Waals surface area contributed by atoms with E-state index in [0.29, 0.717) is 23.8 Å². The Morgan fingerprint density at radius 3 is 2.23 bits per heavy atom. The molecule has 0 bridgehead atoms. The van der Waals surface area contributed by atoms with Gasteiger partial charge in [0, 0.05) is 31.8 Å². The zero-order valence-corrected chi connectivity index (χ0v) is 25.7. The number of hydrogen-bond donors (Lipinski definition) is 2. The van der Waals surface area contributed by atoms with E-state index in [9.17, 15) is 19.8 Å². The normalized spacial score (nSPS) is 23.1. The van der Waals surface area contributed by atoms with Crippen LogP contribution >= 0.6 is 0 Å². The lowest BCUT2D eigenvalue weighted by Crippen LogP contribution is -2.21. The fourth-order valence-corrected chi connectivity index (χ4v) is 5.11. The summed E-state index contributed by atoms with van der Waals surface area (Å²) in [6.07, 6.45) is 19.1. The van der Waals surface area contributed by atoms with Crippen LogP contribution in [0.3, 0.4) is 0 Å². The smallest absolute Gasteiger partial charge is 0.139 e. The molecule has 0 spiro atoms. The Morgan fingerprint density at radius 2 is 1.59 bits per heavy atom. The van der Waals surface area contributed by atoms with Gasteiger partial charge in [0.25, 0.3) is 0 Å². The van der Waals surface area contributed by atoms with E-state index < -0.39 is 6.10 Å². The predicted molar refractivity (Wildman–Crippen MR) is 161 cm³/mol. The van der Waals surface area contributed by atoms with Crippen LogP contribution in [0, 0.1) is 23.7 Å². The molecule has 0 saturated heterocycles. The van der Waals surface area contributed by atoms with Crippen molar-refractivity contribution in [2.75, 3.05) is 7.11 Å². The van der Waals surface area contributed by atoms with Crippen molar-refractivity contribution in [1.29, 1.82) is 0 Å². The van der Waals surface area contributed by atoms with Crippen LogP contribution in [0.25, 0.3) is 0 Å². The molecule has 1 aliphatic carbocycles. The lowest BCUT2D eigenvalue weighted by molar-refractivity contribution is -0.124. The lowest BCUT2D eigenvalue weighted by atomic mass is 9.80. The summed E-state index contributed by atoms with van der Waals surface area (Å²) in [6.45, 7) is 11.9. The van der Waals surface area contributed by atoms with Gasteiger partial charge >= 0.3 is 0 Å². The molecular formula is C34H56O5. The molecule has 4 unspecified atom stereocenters. The third kappa shape index (κ3) is 14.9. The Bertz CT molecular complexity index is 844. The molecule has 0 aromatic heterocycles. The zero-order valence-electron chi connectivity index (χ0n) is 25.7. The van der Waals surface area contributed by atoms with Gasteiger partial charge < -0.3 is 14.9 Å². The molecule has 222 valence electrons. The minimum atomic E-state index is -0.848. The van der Waals surface area contributed by atoms with Gasteiger partial charge in [-0.05, 0) is 95.1 Å². The molecule has 0 aliphatic heterocycles. The van der Waals surface area contributed by atoms with Crippen LogP contribution in [0.5, 0.6) is 0 Å². The zero-order chi connectivity index (χ0) is 29.4. The van der Waals surface area contributed by atoms with E-state index >= 15 is 0 Å². The van der Waals surface area contributed by atoms with Gasteiger partial charge in [0.15, 0.2) is 0 Å². The maximum Gasteiger partial charge on any atom is 0.139 e. The summed E-state index contributed by atoms with van der Waals surface area (Å²) in [5.74, 6) is 1.01. The second-order valence-corrected chi connectivity index (χ2v) is 12.0. The predicted octanol–water partition coefficient (Wildman–Crippen LogP) is 7.33. The number of allylic oxidation sites excluding steroid dienone is 6. The van der Waals surface area contributed by atoms with Crippen LogP contribution < -0.4 is 0 Å². The monoisotopic (exact) mass is 544 g/mol. The summed E-state index contributed by atoms with van der Waals surface area (Å²) in [5, 5.41) is 20.3. The minimum Gasteiger partial charge on any atom is -0.393 e. The fourth-order valence-electron chi connectivity index (χ4n) is 5.11. The van der Waals surface area contributed by atoms with Crippen LogP contribution in [-0.2, 0) is 14.3 Å². The lowest BCUT2D eigenvalue weighted by Gasteiger charge is -2.27. The second-order valence-electron chi connectivity index (χ2n) is 12.0. The first-order valence-corrected chi connectivity index (χ1v) is 15.1. The average Bonchev–Trinajstić information content (AvgIpc) is 2.91. The van der Waals surface area contributed by atoms with E-state index in [4.69, 9.17) is 4.74 Å². The molecule has 39 heavy (non-hydrogen) atoms. The van der Waals surface area contributed by atoms with Gasteiger partial charge in [-0.25, -0.2) is 0 Å². The van der Waals surface area contributed by atoms with Gasteiger partial charge in [-0.2, -0.15) is 0 Å². The summed E-state index contributed by atoms with van der Waals surface area (Å²) in [6, 6.07) is 0. The molecule has 5 heteroatoms. The molecular weight excluding hydrogens is 488 g/mol. The van der Waals surface area contributed by atoms with Crippen molar-refractivity contribution < 1.29 is 24.5 Å². The largest absolute Gasteiger partial charge is 0.393 e. The number of carbonyl (C=O) groups is 2. The Morgan fingerprint density at radius 1 is 0.923 bits per heavy atom. The molecule has 0 aromatic carbocycles. The Balaban J connectivity index is 2.38. The molecule has 1 aliphatic rings. The quantitative estimate of drug-likeness (QED) is 0.139. The molecule has 1 fully saturated rings. The van der Waals surface area contributed by atoms with Gasteiger partial charge in [-0.15, -0.1) is 0 Å². The van der Waals surface area contributed by atoms with Gasteiger partial charge in [-0.1, -0.05) is 57.2 Å². The molecule has 5 atom stereocenters. The first-order chi connectivity index (χ1) is 18.4. The highest BCUT2D eigenvalue weighted by Gasteiger charge is 2.22. The number of carbonyl (C=O) groups excluding carboxylic acids is 2. The average molecular weight is 545 g/mol. The molecule has 0 amide bonds. The fraction of sp³-hybridized carbons (Fsp3) is 0.706. The molecule has 0 radical (unpaired) electrons. The SMILES string of the molecule is COC(C)/C(C)=C/C=C/C=C/CC[C@@H](C)C(=O)CC(O)/C(C)=C/C(C)C(=O)CCC(C)CC1CCC(O)CC1. The number of aliphatic hydroxyl groups excluding tert-OH is 2. The summed E-state index contributed by atoms with van der Waals surface area (Å²) in [7, 11) is 1.70. The van der Waals surface area contributed by atoms with Crippen LogP contribution in [0.2, 0.25) is 0 Å². The van der Waals surface area contributed by atoms with Crippen molar-refractivity contribution in [3.63, 3.8) is 0 Å². The number of methoxy groups -OCH3 is 1. The minimum absolute atomic E-state index is 0.0503. The van der Waals surface area contributed by atoms with Gasteiger partial charge in [0.2, 0.25) is 0 Å². The van der Waals surface area contributed by atoms with E-state index in [1.54, 1.807) is 7.11 Å². The summed E-state index contributed by atoms with van der Waals surface area (Å²) >= 11 is 0. The van der Waals surface area contributed by atoms with E-state index in [0.717, 1.165) is 56.9 Å². The maximum atomic E-state index is 12.7. The standard InChI is InChI=1S/C34H56O5/c1-24(21-30-16-18-31(35)19-17-30)15-20-32(36)27(4)22-28(5)34(38)23-33(37)26(3)14-12-10-8-9-11-13-25(2)29(6)39-7/h8-11,13,22,24,26-27,29-31,34-35,38H,12,14-21,23H2,1-7H3/b10-8+,11-9+,25-13+,28-22+/t24?,26-,27?,29?,30?,31?,34?/m1/s1. The summed E-state index contributed by atoms with van der Waals surface area (Å²) < 4.78 is 5.27. The first kappa shape index (κ1) is 35.2. The van der Waals surface area contributed by atoms with Crippen molar-refractivity contribution in [3.8, 4) is 0 Å².